The number of nitrogens with zero attached hydrogens (tertiary/aromatic N) is 4. The number of carbonyl (C=O) groups is 1. The van der Waals surface area contributed by atoms with E-state index in [0.29, 0.717) is 5.82 Å². The molecule has 0 atom stereocenters. The number of hydrogen-bond donors (Lipinski definition) is 1. The van der Waals surface area contributed by atoms with E-state index in [2.05, 4.69) is 26.8 Å². The smallest absolute Gasteiger partial charge is 0.356 e. The predicted octanol–water partition coefficient (Wildman–Crippen LogP) is 2.03. The summed E-state index contributed by atoms with van der Waals surface area (Å²) in [6, 6.07) is 5.85. The van der Waals surface area contributed by atoms with Crippen LogP contribution in [0.25, 0.3) is 0 Å². The minimum atomic E-state index is -1.07. The van der Waals surface area contributed by atoms with Crippen molar-refractivity contribution in [2.75, 3.05) is 18.0 Å². The minimum Gasteiger partial charge on any atom is -0.476 e. The zero-order valence-corrected chi connectivity index (χ0v) is 11.9. The van der Waals surface area contributed by atoms with Crippen LogP contribution < -0.4 is 4.90 Å². The molecule has 0 bridgehead atoms. The van der Waals surface area contributed by atoms with E-state index in [9.17, 15) is 4.79 Å². The molecule has 21 heavy (non-hydrogen) atoms. The molecule has 6 nitrogen and oxygen atoms in total. The molecule has 2 heterocycles. The van der Waals surface area contributed by atoms with E-state index in [0.717, 1.165) is 31.6 Å². The normalized spacial score (nSPS) is 10.3. The number of aromatic nitrogens is 3. The maximum absolute atomic E-state index is 10.8. The van der Waals surface area contributed by atoms with Crippen molar-refractivity contribution in [2.45, 2.75) is 19.8 Å². The second kappa shape index (κ2) is 7.33. The van der Waals surface area contributed by atoms with Gasteiger partial charge in [-0.25, -0.2) is 14.8 Å². The highest BCUT2D eigenvalue weighted by molar-refractivity contribution is 5.84. The molecule has 0 fully saturated rings. The summed E-state index contributed by atoms with van der Waals surface area (Å²) in [5, 5.41) is 8.85. The molecule has 0 aliphatic heterocycles. The molecule has 0 radical (unpaired) electrons. The van der Waals surface area contributed by atoms with Crippen molar-refractivity contribution in [3.8, 4) is 0 Å². The van der Waals surface area contributed by atoms with E-state index < -0.39 is 5.97 Å². The molecule has 0 saturated carbocycles. The first-order chi connectivity index (χ1) is 10.2. The Bertz CT molecular complexity index is 572. The van der Waals surface area contributed by atoms with Gasteiger partial charge in [0.1, 0.15) is 5.82 Å². The number of rotatable bonds is 7. The quantitative estimate of drug-likeness (QED) is 0.839. The Balaban J connectivity index is 2.05. The molecule has 0 spiro atoms. The summed E-state index contributed by atoms with van der Waals surface area (Å²) in [6.45, 7) is 3.70. The van der Waals surface area contributed by atoms with Crippen LogP contribution in [-0.4, -0.2) is 39.1 Å². The van der Waals surface area contributed by atoms with E-state index in [1.807, 2.05) is 18.2 Å². The van der Waals surface area contributed by atoms with E-state index in [-0.39, 0.29) is 5.69 Å². The van der Waals surface area contributed by atoms with Gasteiger partial charge in [0.15, 0.2) is 5.69 Å². The molecule has 0 aromatic carbocycles. The topological polar surface area (TPSA) is 79.2 Å². The third-order valence-electron chi connectivity index (χ3n) is 3.04. The number of aromatic carboxylic acids is 1. The van der Waals surface area contributed by atoms with Gasteiger partial charge >= 0.3 is 5.97 Å². The molecule has 0 unspecified atom stereocenters. The first kappa shape index (κ1) is 14.9. The van der Waals surface area contributed by atoms with Crippen molar-refractivity contribution in [3.05, 3.63) is 48.2 Å². The highest BCUT2D eigenvalue weighted by Crippen LogP contribution is 2.11. The Kier molecular flexibility index (Phi) is 5.20. The average molecular weight is 286 g/mol. The minimum absolute atomic E-state index is 0.0417. The van der Waals surface area contributed by atoms with Gasteiger partial charge in [-0.3, -0.25) is 4.98 Å². The SMILES string of the molecule is CCCN(CCc1ccccn1)c1cnc(C(=O)O)cn1. The lowest BCUT2D eigenvalue weighted by atomic mass is 10.2. The van der Waals surface area contributed by atoms with Crippen molar-refractivity contribution in [1.29, 1.82) is 0 Å². The summed E-state index contributed by atoms with van der Waals surface area (Å²) in [5.41, 5.74) is 0.980. The third kappa shape index (κ3) is 4.24. The molecule has 0 aliphatic carbocycles. The second-order valence-electron chi connectivity index (χ2n) is 4.62. The van der Waals surface area contributed by atoms with Crippen LogP contribution in [-0.2, 0) is 6.42 Å². The summed E-state index contributed by atoms with van der Waals surface area (Å²) in [5.74, 6) is -0.373. The molecular weight excluding hydrogens is 268 g/mol. The van der Waals surface area contributed by atoms with Crippen molar-refractivity contribution >= 4 is 11.8 Å². The lowest BCUT2D eigenvalue weighted by Crippen LogP contribution is -2.28. The number of anilines is 1. The fraction of sp³-hybridized carbons (Fsp3) is 0.333. The van der Waals surface area contributed by atoms with E-state index >= 15 is 0 Å². The Labute approximate surface area is 123 Å². The van der Waals surface area contributed by atoms with Crippen LogP contribution in [0.3, 0.4) is 0 Å². The van der Waals surface area contributed by atoms with Crippen LogP contribution in [0.1, 0.15) is 29.5 Å². The molecule has 0 amide bonds. The predicted molar refractivity (Wildman–Crippen MR) is 79.4 cm³/mol. The number of carboxylic acids is 1. The van der Waals surface area contributed by atoms with Gasteiger partial charge in [-0.1, -0.05) is 13.0 Å². The van der Waals surface area contributed by atoms with Gasteiger partial charge < -0.3 is 10.0 Å². The summed E-state index contributed by atoms with van der Waals surface area (Å²) >= 11 is 0. The van der Waals surface area contributed by atoms with Crippen molar-refractivity contribution < 1.29 is 9.90 Å². The second-order valence-corrected chi connectivity index (χ2v) is 4.62. The summed E-state index contributed by atoms with van der Waals surface area (Å²) in [7, 11) is 0. The molecule has 6 heteroatoms. The van der Waals surface area contributed by atoms with Crippen molar-refractivity contribution in [1.82, 2.24) is 15.0 Å². The lowest BCUT2D eigenvalue weighted by molar-refractivity contribution is 0.0690. The first-order valence-electron chi connectivity index (χ1n) is 6.91. The number of pyridine rings is 1. The van der Waals surface area contributed by atoms with E-state index in [1.54, 1.807) is 6.20 Å². The van der Waals surface area contributed by atoms with Crippen LogP contribution in [0.2, 0.25) is 0 Å². The zero-order valence-electron chi connectivity index (χ0n) is 11.9. The Morgan fingerprint density at radius 2 is 2.05 bits per heavy atom. The van der Waals surface area contributed by atoms with Crippen molar-refractivity contribution in [3.63, 3.8) is 0 Å². The van der Waals surface area contributed by atoms with E-state index in [4.69, 9.17) is 5.11 Å². The van der Waals surface area contributed by atoms with Crippen LogP contribution in [0.15, 0.2) is 36.8 Å². The van der Waals surface area contributed by atoms with Crippen LogP contribution in [0, 0.1) is 0 Å². The maximum atomic E-state index is 10.8. The zero-order chi connectivity index (χ0) is 15.1. The molecule has 110 valence electrons. The average Bonchev–Trinajstić information content (AvgIpc) is 2.52. The summed E-state index contributed by atoms with van der Waals surface area (Å²) in [4.78, 5) is 25.3. The lowest BCUT2D eigenvalue weighted by Gasteiger charge is -2.22. The van der Waals surface area contributed by atoms with Gasteiger partial charge in [0.25, 0.3) is 0 Å². The standard InChI is InChI=1S/C15H18N4O2/c1-2-8-19(9-6-12-5-3-4-7-16-12)14-11-17-13(10-18-14)15(20)21/h3-5,7,10-11H,2,6,8-9H2,1H3,(H,20,21). The highest BCUT2D eigenvalue weighted by Gasteiger charge is 2.10. The molecule has 1 N–H and O–H groups in total. The Morgan fingerprint density at radius 3 is 2.62 bits per heavy atom. The molecular formula is C15H18N4O2. The molecule has 0 saturated heterocycles. The Morgan fingerprint density at radius 1 is 1.19 bits per heavy atom. The molecule has 2 aromatic heterocycles. The molecule has 2 aromatic rings. The van der Waals surface area contributed by atoms with Crippen LogP contribution in [0.5, 0.6) is 0 Å². The maximum Gasteiger partial charge on any atom is 0.356 e. The van der Waals surface area contributed by atoms with Crippen LogP contribution in [0.4, 0.5) is 5.82 Å². The van der Waals surface area contributed by atoms with Gasteiger partial charge in [-0.2, -0.15) is 0 Å². The largest absolute Gasteiger partial charge is 0.476 e. The van der Waals surface area contributed by atoms with Gasteiger partial charge in [0, 0.05) is 31.4 Å². The highest BCUT2D eigenvalue weighted by atomic mass is 16.4. The fourth-order valence-electron chi connectivity index (χ4n) is 2.00. The van der Waals surface area contributed by atoms with Gasteiger partial charge in [0.05, 0.1) is 12.4 Å². The summed E-state index contributed by atoms with van der Waals surface area (Å²) in [6.07, 6.45) is 6.37. The van der Waals surface area contributed by atoms with Gasteiger partial charge in [-0.05, 0) is 18.6 Å². The van der Waals surface area contributed by atoms with Crippen molar-refractivity contribution in [2.24, 2.45) is 0 Å². The van der Waals surface area contributed by atoms with Gasteiger partial charge in [0.2, 0.25) is 0 Å². The van der Waals surface area contributed by atoms with E-state index in [1.165, 1.54) is 12.4 Å². The van der Waals surface area contributed by atoms with Gasteiger partial charge in [-0.15, -0.1) is 0 Å². The number of hydrogen-bond acceptors (Lipinski definition) is 5. The monoisotopic (exact) mass is 286 g/mol. The third-order valence-corrected chi connectivity index (χ3v) is 3.04. The first-order valence-corrected chi connectivity index (χ1v) is 6.91. The summed E-state index contributed by atoms with van der Waals surface area (Å²) < 4.78 is 0. The molecule has 2 rings (SSSR count). The number of carboxylic acid groups (broad SMARTS) is 1. The Hall–Kier alpha value is -2.50. The molecule has 0 aliphatic rings. The fourth-order valence-corrected chi connectivity index (χ4v) is 2.00. The van der Waals surface area contributed by atoms with Crippen LogP contribution >= 0.6 is 0 Å².